The Kier molecular flexibility index (Phi) is 6.93. The summed E-state index contributed by atoms with van der Waals surface area (Å²) in [6, 6.07) is 4.48. The van der Waals surface area contributed by atoms with Gasteiger partial charge in [0.05, 0.1) is 13.1 Å². The predicted molar refractivity (Wildman–Crippen MR) is 125 cm³/mol. The average molecular weight is 740 g/mol. The smallest absolute Gasteiger partial charge is 0.179 e. The Morgan fingerprint density at radius 3 is 1.31 bits per heavy atom. The summed E-state index contributed by atoms with van der Waals surface area (Å²) < 4.78 is 9.13. The first-order chi connectivity index (χ1) is 12.2. The molecule has 1 aromatic carbocycles. The standard InChI is InChI=1S/C16H12Br6N4/c1-7-3-10(6-26-14(20)12(18)24-16(26)22)8(2)4-9(7)5-25-13(19)11(17)23-15(25)21/h3-4H,5-6H2,1-2H3. The molecule has 0 aliphatic rings. The molecule has 0 bridgehead atoms. The van der Waals surface area contributed by atoms with Crippen molar-refractivity contribution in [2.45, 2.75) is 26.9 Å². The highest BCUT2D eigenvalue weighted by atomic mass is 79.9. The molecule has 26 heavy (non-hydrogen) atoms. The Labute approximate surface area is 201 Å². The van der Waals surface area contributed by atoms with E-state index in [1.54, 1.807) is 0 Å². The molecule has 3 aromatic rings. The number of aromatic nitrogens is 4. The van der Waals surface area contributed by atoms with E-state index in [1.807, 2.05) is 0 Å². The number of aryl methyl sites for hydroxylation is 2. The molecule has 0 radical (unpaired) electrons. The number of benzene rings is 1. The van der Waals surface area contributed by atoms with E-state index in [0.29, 0.717) is 0 Å². The molecule has 0 saturated heterocycles. The summed E-state index contributed by atoms with van der Waals surface area (Å²) in [7, 11) is 0. The van der Waals surface area contributed by atoms with Crippen molar-refractivity contribution in [1.82, 2.24) is 19.1 Å². The minimum Gasteiger partial charge on any atom is -0.308 e. The van der Waals surface area contributed by atoms with Crippen LogP contribution in [0.25, 0.3) is 0 Å². The molecule has 2 heterocycles. The molecule has 0 N–H and O–H groups in total. The molecular formula is C16H12Br6N4. The molecule has 0 atom stereocenters. The fourth-order valence-electron chi connectivity index (χ4n) is 2.65. The predicted octanol–water partition coefficient (Wildman–Crippen LogP) is 7.37. The second kappa shape index (κ2) is 8.49. The maximum absolute atomic E-state index is 4.38. The van der Waals surface area contributed by atoms with Crippen LogP contribution in [0.5, 0.6) is 0 Å². The van der Waals surface area contributed by atoms with Gasteiger partial charge >= 0.3 is 0 Å². The molecule has 0 aliphatic heterocycles. The highest BCUT2D eigenvalue weighted by molar-refractivity contribution is 9.13. The average Bonchev–Trinajstić information content (AvgIpc) is 2.95. The number of halogens is 6. The van der Waals surface area contributed by atoms with E-state index in [9.17, 15) is 0 Å². The zero-order valence-corrected chi connectivity index (χ0v) is 23.1. The van der Waals surface area contributed by atoms with Gasteiger partial charge in [0.15, 0.2) is 9.47 Å². The quantitative estimate of drug-likeness (QED) is 0.281. The molecule has 0 unspecified atom stereocenters. The first kappa shape index (κ1) is 21.2. The zero-order valence-electron chi connectivity index (χ0n) is 13.6. The molecule has 0 fully saturated rings. The Hall–Kier alpha value is 0.520. The Morgan fingerprint density at radius 1 is 0.692 bits per heavy atom. The fraction of sp³-hybridized carbons (Fsp3) is 0.250. The lowest BCUT2D eigenvalue weighted by molar-refractivity contribution is 0.739. The fourth-order valence-corrected chi connectivity index (χ4v) is 6.09. The SMILES string of the molecule is Cc1cc(Cn2c(Br)nc(Br)c2Br)c(C)cc1Cn1c(Br)nc(Br)c1Br. The van der Waals surface area contributed by atoms with Crippen molar-refractivity contribution in [2.75, 3.05) is 0 Å². The van der Waals surface area contributed by atoms with Crippen LogP contribution in [0.4, 0.5) is 0 Å². The maximum atomic E-state index is 4.38. The minimum absolute atomic E-state index is 0.733. The number of rotatable bonds is 4. The Bertz CT molecular complexity index is 912. The lowest BCUT2D eigenvalue weighted by atomic mass is 9.99. The number of hydrogen-bond acceptors (Lipinski definition) is 2. The third-order valence-corrected chi connectivity index (χ3v) is 9.08. The van der Waals surface area contributed by atoms with Crippen LogP contribution in [0.1, 0.15) is 22.3 Å². The van der Waals surface area contributed by atoms with E-state index in [1.165, 1.54) is 22.3 Å². The molecule has 4 nitrogen and oxygen atoms in total. The van der Waals surface area contributed by atoms with Crippen LogP contribution in [0, 0.1) is 13.8 Å². The van der Waals surface area contributed by atoms with Crippen LogP contribution in [0.3, 0.4) is 0 Å². The van der Waals surface area contributed by atoms with Gasteiger partial charge in [-0.3, -0.25) is 0 Å². The van der Waals surface area contributed by atoms with Gasteiger partial charge in [0, 0.05) is 0 Å². The van der Waals surface area contributed by atoms with Crippen LogP contribution in [-0.2, 0) is 13.1 Å². The van der Waals surface area contributed by atoms with Crippen LogP contribution in [0.2, 0.25) is 0 Å². The van der Waals surface area contributed by atoms with Crippen molar-refractivity contribution < 1.29 is 0 Å². The summed E-state index contributed by atoms with van der Waals surface area (Å²) in [5.41, 5.74) is 4.98. The summed E-state index contributed by atoms with van der Waals surface area (Å²) in [5.74, 6) is 0. The van der Waals surface area contributed by atoms with Crippen LogP contribution >= 0.6 is 95.6 Å². The van der Waals surface area contributed by atoms with Crippen molar-refractivity contribution in [3.63, 3.8) is 0 Å². The van der Waals surface area contributed by atoms with Gasteiger partial charge in [0.25, 0.3) is 0 Å². The first-order valence-corrected chi connectivity index (χ1v) is 12.2. The van der Waals surface area contributed by atoms with Gasteiger partial charge in [-0.2, -0.15) is 0 Å². The normalized spacial score (nSPS) is 11.4. The molecule has 0 spiro atoms. The van der Waals surface area contributed by atoms with E-state index in [-0.39, 0.29) is 0 Å². The van der Waals surface area contributed by atoms with E-state index in [4.69, 9.17) is 0 Å². The van der Waals surface area contributed by atoms with Crippen molar-refractivity contribution in [2.24, 2.45) is 0 Å². The highest BCUT2D eigenvalue weighted by Crippen LogP contribution is 2.31. The number of hydrogen-bond donors (Lipinski definition) is 0. The van der Waals surface area contributed by atoms with Crippen LogP contribution < -0.4 is 0 Å². The second-order valence-corrected chi connectivity index (χ2v) is 10.2. The second-order valence-electron chi connectivity index (χ2n) is 5.80. The van der Waals surface area contributed by atoms with Crippen molar-refractivity contribution in [1.29, 1.82) is 0 Å². The third kappa shape index (κ3) is 4.25. The van der Waals surface area contributed by atoms with Gasteiger partial charge in [0.1, 0.15) is 18.4 Å². The molecular weight excluding hydrogens is 728 g/mol. The first-order valence-electron chi connectivity index (χ1n) is 7.42. The van der Waals surface area contributed by atoms with Gasteiger partial charge in [-0.1, -0.05) is 12.1 Å². The molecule has 10 heteroatoms. The van der Waals surface area contributed by atoms with E-state index in [0.717, 1.165) is 41.0 Å². The number of nitrogens with zero attached hydrogens (tertiary/aromatic N) is 4. The maximum Gasteiger partial charge on any atom is 0.179 e. The van der Waals surface area contributed by atoms with E-state index in [2.05, 4.69) is 141 Å². The molecule has 3 rings (SSSR count). The molecule has 2 aromatic heterocycles. The Balaban J connectivity index is 1.93. The van der Waals surface area contributed by atoms with Gasteiger partial charge in [-0.25, -0.2) is 9.97 Å². The van der Waals surface area contributed by atoms with Crippen LogP contribution in [-0.4, -0.2) is 19.1 Å². The number of imidazole rings is 2. The summed E-state index contributed by atoms with van der Waals surface area (Å²) in [5, 5.41) is 0. The van der Waals surface area contributed by atoms with E-state index < -0.39 is 0 Å². The molecule has 0 aliphatic carbocycles. The van der Waals surface area contributed by atoms with Crippen molar-refractivity contribution in [3.8, 4) is 0 Å². The van der Waals surface area contributed by atoms with Gasteiger partial charge in [-0.15, -0.1) is 0 Å². The van der Waals surface area contributed by atoms with Gasteiger partial charge < -0.3 is 9.13 Å². The van der Waals surface area contributed by atoms with Gasteiger partial charge in [0.2, 0.25) is 0 Å². The molecule has 138 valence electrons. The third-order valence-electron chi connectivity index (χ3n) is 4.09. The lowest BCUT2D eigenvalue weighted by Crippen LogP contribution is -2.07. The van der Waals surface area contributed by atoms with Crippen molar-refractivity contribution >= 4 is 95.6 Å². The van der Waals surface area contributed by atoms with Crippen LogP contribution in [0.15, 0.2) is 40.0 Å². The summed E-state index contributed by atoms with van der Waals surface area (Å²) in [6.45, 7) is 5.74. The largest absolute Gasteiger partial charge is 0.308 e. The highest BCUT2D eigenvalue weighted by Gasteiger charge is 2.16. The van der Waals surface area contributed by atoms with E-state index >= 15 is 0 Å². The topological polar surface area (TPSA) is 35.6 Å². The monoisotopic (exact) mass is 734 g/mol. The zero-order chi connectivity index (χ0) is 19.2. The Morgan fingerprint density at radius 2 is 1.04 bits per heavy atom. The summed E-state index contributed by atoms with van der Waals surface area (Å²) >= 11 is 21.1. The lowest BCUT2D eigenvalue weighted by Gasteiger charge is -2.15. The summed E-state index contributed by atoms with van der Waals surface area (Å²) in [6.07, 6.45) is 0. The van der Waals surface area contributed by atoms with Crippen molar-refractivity contribution in [3.05, 3.63) is 62.3 Å². The molecule has 0 saturated carbocycles. The summed E-state index contributed by atoms with van der Waals surface area (Å²) in [4.78, 5) is 8.76. The minimum atomic E-state index is 0.733. The molecule has 0 amide bonds. The van der Waals surface area contributed by atoms with Gasteiger partial charge in [-0.05, 0) is 132 Å².